The van der Waals surface area contributed by atoms with Gasteiger partial charge in [0.15, 0.2) is 0 Å². The molecular weight excluding hydrogens is 308 g/mol. The molecule has 1 aliphatic rings. The number of amides is 1. The molecule has 1 aromatic carbocycles. The molecular formula is C16H16N6O2. The van der Waals surface area contributed by atoms with E-state index in [-0.39, 0.29) is 17.4 Å². The summed E-state index contributed by atoms with van der Waals surface area (Å²) in [6.45, 7) is 3.72. The number of rotatable bonds is 2. The van der Waals surface area contributed by atoms with Crippen LogP contribution in [0.25, 0.3) is 17.0 Å². The van der Waals surface area contributed by atoms with Crippen molar-refractivity contribution in [3.63, 3.8) is 0 Å². The second kappa shape index (κ2) is 5.19. The molecule has 3 N–H and O–H groups in total. The number of hydrogen-bond donors (Lipinski definition) is 3. The molecule has 4 rings (SSSR count). The van der Waals surface area contributed by atoms with Gasteiger partial charge in [-0.05, 0) is 19.1 Å². The summed E-state index contributed by atoms with van der Waals surface area (Å²) >= 11 is 0. The van der Waals surface area contributed by atoms with Crippen LogP contribution in [0.15, 0.2) is 34.3 Å². The number of aromatic nitrogens is 4. The molecule has 3 aromatic rings. The fourth-order valence-electron chi connectivity index (χ4n) is 2.88. The Balaban J connectivity index is 1.78. The maximum atomic E-state index is 12.0. The van der Waals surface area contributed by atoms with E-state index < -0.39 is 0 Å². The van der Waals surface area contributed by atoms with E-state index in [4.69, 9.17) is 0 Å². The summed E-state index contributed by atoms with van der Waals surface area (Å²) in [7, 11) is 0. The number of hydrazone groups is 1. The molecule has 122 valence electrons. The number of aromatic amines is 2. The Kier molecular flexibility index (Phi) is 3.12. The lowest BCUT2D eigenvalue weighted by Crippen LogP contribution is -2.31. The van der Waals surface area contributed by atoms with Crippen LogP contribution < -0.4 is 11.0 Å². The summed E-state index contributed by atoms with van der Waals surface area (Å²) in [5.41, 5.74) is 6.31. The van der Waals surface area contributed by atoms with Crippen LogP contribution in [0.1, 0.15) is 24.5 Å². The van der Waals surface area contributed by atoms with Crippen LogP contribution in [0.5, 0.6) is 0 Å². The van der Waals surface area contributed by atoms with E-state index in [1.807, 2.05) is 25.1 Å². The molecule has 1 atom stereocenters. The normalized spacial score (nSPS) is 17.8. The van der Waals surface area contributed by atoms with E-state index in [1.54, 1.807) is 13.1 Å². The van der Waals surface area contributed by atoms with Crippen LogP contribution in [0.2, 0.25) is 0 Å². The second-order valence-electron chi connectivity index (χ2n) is 6.03. The Hall–Kier alpha value is -3.16. The summed E-state index contributed by atoms with van der Waals surface area (Å²) in [5.74, 6) is 0.414. The van der Waals surface area contributed by atoms with Crippen molar-refractivity contribution < 1.29 is 4.79 Å². The minimum atomic E-state index is -0.137. The number of H-pyrrole nitrogens is 2. The first kappa shape index (κ1) is 14.4. The van der Waals surface area contributed by atoms with Gasteiger partial charge in [-0.15, -0.1) is 0 Å². The second-order valence-corrected chi connectivity index (χ2v) is 6.03. The highest BCUT2D eigenvalue weighted by Crippen LogP contribution is 2.20. The van der Waals surface area contributed by atoms with Crippen LogP contribution in [-0.4, -0.2) is 31.4 Å². The number of fused-ring (bicyclic) bond motifs is 1. The molecule has 3 heterocycles. The van der Waals surface area contributed by atoms with Crippen molar-refractivity contribution in [1.82, 2.24) is 25.2 Å². The van der Waals surface area contributed by atoms with Gasteiger partial charge in [0.2, 0.25) is 11.9 Å². The van der Waals surface area contributed by atoms with Crippen molar-refractivity contribution in [2.45, 2.75) is 20.3 Å². The fourth-order valence-corrected chi connectivity index (χ4v) is 2.88. The highest BCUT2D eigenvalue weighted by Gasteiger charge is 2.22. The first-order valence-electron chi connectivity index (χ1n) is 7.67. The number of nitrogens with zero attached hydrogens (tertiary/aromatic N) is 3. The minimum Gasteiger partial charge on any atom is -0.322 e. The van der Waals surface area contributed by atoms with Crippen molar-refractivity contribution in [2.24, 2.45) is 11.0 Å². The first-order valence-corrected chi connectivity index (χ1v) is 7.67. The third-order valence-corrected chi connectivity index (χ3v) is 4.19. The molecule has 1 unspecified atom stereocenters. The van der Waals surface area contributed by atoms with Gasteiger partial charge in [0, 0.05) is 29.7 Å². The van der Waals surface area contributed by atoms with E-state index >= 15 is 0 Å². The van der Waals surface area contributed by atoms with Crippen molar-refractivity contribution >= 4 is 22.7 Å². The number of aryl methyl sites for hydroxylation is 1. The number of carbonyl (C=O) groups is 1. The Morgan fingerprint density at radius 2 is 2.12 bits per heavy atom. The fraction of sp³-hybridized carbons (Fsp3) is 0.250. The Morgan fingerprint density at radius 1 is 1.29 bits per heavy atom. The molecule has 2 aromatic heterocycles. The van der Waals surface area contributed by atoms with Crippen molar-refractivity contribution in [1.29, 1.82) is 0 Å². The highest BCUT2D eigenvalue weighted by molar-refractivity contribution is 6.07. The van der Waals surface area contributed by atoms with Gasteiger partial charge < -0.3 is 4.98 Å². The van der Waals surface area contributed by atoms with Gasteiger partial charge in [-0.25, -0.2) is 10.4 Å². The Bertz CT molecular complexity index is 1040. The number of imidazole rings is 1. The average molecular weight is 324 g/mol. The molecule has 24 heavy (non-hydrogen) atoms. The van der Waals surface area contributed by atoms with Gasteiger partial charge in [-0.1, -0.05) is 13.0 Å². The molecule has 8 heteroatoms. The molecule has 0 fully saturated rings. The van der Waals surface area contributed by atoms with E-state index in [2.05, 4.69) is 25.6 Å². The first-order chi connectivity index (χ1) is 11.5. The monoisotopic (exact) mass is 324 g/mol. The summed E-state index contributed by atoms with van der Waals surface area (Å²) < 4.78 is 1.37. The standard InChI is InChI=1S/C16H16N6O2/c1-8-5-13(23)20-21-14(8)10-3-4-11-12(6-10)19-16(18-11)22-15(24)9(2)7-17-22/h3-4,6-8,17H,5H2,1-2H3,(H,18,19)(H,20,23). The Labute approximate surface area is 136 Å². The van der Waals surface area contributed by atoms with Crippen LogP contribution >= 0.6 is 0 Å². The summed E-state index contributed by atoms with van der Waals surface area (Å²) in [5, 5.41) is 7.05. The number of benzene rings is 1. The zero-order valence-electron chi connectivity index (χ0n) is 13.3. The van der Waals surface area contributed by atoms with E-state index in [1.165, 1.54) is 4.68 Å². The van der Waals surface area contributed by atoms with Gasteiger partial charge in [-0.3, -0.25) is 14.7 Å². The summed E-state index contributed by atoms with van der Waals surface area (Å²) in [6.07, 6.45) is 2.06. The quantitative estimate of drug-likeness (QED) is 0.659. The van der Waals surface area contributed by atoms with Gasteiger partial charge in [0.1, 0.15) is 0 Å². The van der Waals surface area contributed by atoms with E-state index in [0.717, 1.165) is 22.3 Å². The van der Waals surface area contributed by atoms with Crippen molar-refractivity contribution in [3.8, 4) is 5.95 Å². The van der Waals surface area contributed by atoms with Crippen LogP contribution in [0, 0.1) is 12.8 Å². The molecule has 1 amide bonds. The van der Waals surface area contributed by atoms with Gasteiger partial charge in [0.05, 0.1) is 16.7 Å². The average Bonchev–Trinajstić information content (AvgIpc) is 3.10. The molecule has 0 bridgehead atoms. The van der Waals surface area contributed by atoms with Crippen molar-refractivity contribution in [2.75, 3.05) is 0 Å². The third kappa shape index (κ3) is 2.23. The van der Waals surface area contributed by atoms with Crippen molar-refractivity contribution in [3.05, 3.63) is 45.9 Å². The molecule has 0 saturated heterocycles. The maximum absolute atomic E-state index is 12.0. The number of carbonyl (C=O) groups excluding carboxylic acids is 1. The largest absolute Gasteiger partial charge is 0.322 e. The molecule has 0 saturated carbocycles. The highest BCUT2D eigenvalue weighted by atomic mass is 16.2. The predicted octanol–water partition coefficient (Wildman–Crippen LogP) is 1.21. The molecule has 0 spiro atoms. The molecule has 8 nitrogen and oxygen atoms in total. The topological polar surface area (TPSA) is 108 Å². The van der Waals surface area contributed by atoms with Gasteiger partial charge >= 0.3 is 0 Å². The molecule has 0 aliphatic carbocycles. The SMILES string of the molecule is Cc1c[nH]n(-c2nc3ccc(C4=NNC(=O)CC4C)cc3[nH]2)c1=O. The number of nitrogens with one attached hydrogen (secondary N) is 3. The molecule has 1 aliphatic heterocycles. The predicted molar refractivity (Wildman–Crippen MR) is 89.2 cm³/mol. The lowest BCUT2D eigenvalue weighted by atomic mass is 9.94. The van der Waals surface area contributed by atoms with Gasteiger partial charge in [-0.2, -0.15) is 9.78 Å². The number of hydrogen-bond acceptors (Lipinski definition) is 4. The van der Waals surface area contributed by atoms with Crippen LogP contribution in [0.3, 0.4) is 0 Å². The lowest BCUT2D eigenvalue weighted by Gasteiger charge is -2.18. The summed E-state index contributed by atoms with van der Waals surface area (Å²) in [4.78, 5) is 31.0. The zero-order chi connectivity index (χ0) is 16.8. The maximum Gasteiger partial charge on any atom is 0.276 e. The third-order valence-electron chi connectivity index (χ3n) is 4.19. The Morgan fingerprint density at radius 3 is 2.83 bits per heavy atom. The zero-order valence-corrected chi connectivity index (χ0v) is 13.3. The van der Waals surface area contributed by atoms with Crippen LogP contribution in [0.4, 0.5) is 0 Å². The van der Waals surface area contributed by atoms with Crippen LogP contribution in [-0.2, 0) is 4.79 Å². The summed E-state index contributed by atoms with van der Waals surface area (Å²) in [6, 6.07) is 5.72. The smallest absolute Gasteiger partial charge is 0.276 e. The van der Waals surface area contributed by atoms with Gasteiger partial charge in [0.25, 0.3) is 5.56 Å². The molecule has 0 radical (unpaired) electrons. The van der Waals surface area contributed by atoms with E-state index in [0.29, 0.717) is 17.9 Å². The van der Waals surface area contributed by atoms with E-state index in [9.17, 15) is 9.59 Å². The lowest BCUT2D eigenvalue weighted by molar-refractivity contribution is -0.121. The minimum absolute atomic E-state index is 0.0484.